The summed E-state index contributed by atoms with van der Waals surface area (Å²) in [6, 6.07) is 2.84. The van der Waals surface area contributed by atoms with Crippen LogP contribution in [0.25, 0.3) is 0 Å². The van der Waals surface area contributed by atoms with Crippen LogP contribution in [0.2, 0.25) is 0 Å². The fraction of sp³-hybridized carbons (Fsp3) is 0.417. The summed E-state index contributed by atoms with van der Waals surface area (Å²) < 4.78 is 37.5. The van der Waals surface area contributed by atoms with E-state index in [-0.39, 0.29) is 17.2 Å². The molecule has 1 saturated carbocycles. The summed E-state index contributed by atoms with van der Waals surface area (Å²) in [5, 5.41) is 8.79. The summed E-state index contributed by atoms with van der Waals surface area (Å²) in [5.41, 5.74) is -0.219. The van der Waals surface area contributed by atoms with Crippen molar-refractivity contribution in [3.63, 3.8) is 0 Å². The molecule has 98 valence electrons. The monoisotopic (exact) mass is 272 g/mol. The first-order valence-electron chi connectivity index (χ1n) is 5.66. The van der Waals surface area contributed by atoms with E-state index in [0.717, 1.165) is 37.5 Å². The van der Waals surface area contributed by atoms with Crippen molar-refractivity contribution in [2.24, 2.45) is 5.92 Å². The van der Waals surface area contributed by atoms with Crippen LogP contribution in [0.5, 0.6) is 0 Å². The molecule has 1 aromatic carbocycles. The van der Waals surface area contributed by atoms with Crippen molar-refractivity contribution in [1.82, 2.24) is 0 Å². The minimum atomic E-state index is -3.75. The minimum Gasteiger partial charge on any atom is -0.478 e. The second-order valence-electron chi connectivity index (χ2n) is 4.53. The fourth-order valence-electron chi connectivity index (χ4n) is 1.93. The molecule has 6 heteroatoms. The molecule has 1 aliphatic rings. The third-order valence-electron chi connectivity index (χ3n) is 3.19. The normalized spacial score (nSPS) is 16.3. The average molecular weight is 272 g/mol. The van der Waals surface area contributed by atoms with Gasteiger partial charge < -0.3 is 5.11 Å². The van der Waals surface area contributed by atoms with E-state index in [1.807, 2.05) is 0 Å². The second kappa shape index (κ2) is 4.68. The molecule has 0 amide bonds. The van der Waals surface area contributed by atoms with Crippen molar-refractivity contribution in [2.45, 2.75) is 24.2 Å². The maximum atomic E-state index is 13.5. The molecule has 0 atom stereocenters. The van der Waals surface area contributed by atoms with Gasteiger partial charge in [-0.3, -0.25) is 0 Å². The number of hydrogen-bond donors (Lipinski definition) is 1. The van der Waals surface area contributed by atoms with Crippen LogP contribution in [0.3, 0.4) is 0 Å². The number of hydrogen-bond acceptors (Lipinski definition) is 3. The summed E-state index contributed by atoms with van der Waals surface area (Å²) in [6.45, 7) is 0. The van der Waals surface area contributed by atoms with E-state index >= 15 is 0 Å². The van der Waals surface area contributed by atoms with E-state index in [2.05, 4.69) is 0 Å². The van der Waals surface area contributed by atoms with Crippen LogP contribution >= 0.6 is 0 Å². The smallest absolute Gasteiger partial charge is 0.335 e. The molecule has 1 fully saturated rings. The predicted octanol–water partition coefficient (Wildman–Crippen LogP) is 2.10. The lowest BCUT2D eigenvalue weighted by Crippen LogP contribution is -2.23. The third-order valence-corrected chi connectivity index (χ3v) is 5.09. The molecule has 0 radical (unpaired) electrons. The van der Waals surface area contributed by atoms with Gasteiger partial charge in [0.1, 0.15) is 10.7 Å². The van der Waals surface area contributed by atoms with Gasteiger partial charge in [-0.2, -0.15) is 0 Å². The zero-order chi connectivity index (χ0) is 13.3. The molecule has 18 heavy (non-hydrogen) atoms. The van der Waals surface area contributed by atoms with Gasteiger partial charge in [-0.05, 0) is 37.0 Å². The average Bonchev–Trinajstić information content (AvgIpc) is 2.24. The summed E-state index contributed by atoms with van der Waals surface area (Å²) >= 11 is 0. The standard InChI is InChI=1S/C12H13FO4S/c13-10-5-4-9(12(14)15)6-11(10)18(16,17)7-8-2-1-3-8/h4-6,8H,1-3,7H2,(H,14,15). The largest absolute Gasteiger partial charge is 0.478 e. The summed E-state index contributed by atoms with van der Waals surface area (Å²) in [6.07, 6.45) is 2.66. The molecule has 0 unspecified atom stereocenters. The van der Waals surface area contributed by atoms with E-state index in [0.29, 0.717) is 0 Å². The molecule has 0 heterocycles. The SMILES string of the molecule is O=C(O)c1ccc(F)c(S(=O)(=O)CC2CCC2)c1. The highest BCUT2D eigenvalue weighted by Crippen LogP contribution is 2.30. The molecule has 0 saturated heterocycles. The van der Waals surface area contributed by atoms with Gasteiger partial charge in [-0.1, -0.05) is 6.42 Å². The van der Waals surface area contributed by atoms with Crippen molar-refractivity contribution in [1.29, 1.82) is 0 Å². The first-order valence-corrected chi connectivity index (χ1v) is 7.31. The maximum absolute atomic E-state index is 13.5. The summed E-state index contributed by atoms with van der Waals surface area (Å²) in [4.78, 5) is 10.3. The van der Waals surface area contributed by atoms with Gasteiger partial charge in [0, 0.05) is 0 Å². The van der Waals surface area contributed by atoms with Crippen molar-refractivity contribution < 1.29 is 22.7 Å². The van der Waals surface area contributed by atoms with E-state index in [1.54, 1.807) is 0 Å². The van der Waals surface area contributed by atoms with E-state index in [4.69, 9.17) is 5.11 Å². The molecule has 0 spiro atoms. The maximum Gasteiger partial charge on any atom is 0.335 e. The van der Waals surface area contributed by atoms with E-state index in [1.165, 1.54) is 0 Å². The molecule has 0 aliphatic heterocycles. The third kappa shape index (κ3) is 2.53. The first-order chi connectivity index (χ1) is 8.40. The predicted molar refractivity (Wildman–Crippen MR) is 62.8 cm³/mol. The second-order valence-corrected chi connectivity index (χ2v) is 6.53. The van der Waals surface area contributed by atoms with Crippen LogP contribution in [0.1, 0.15) is 29.6 Å². The highest BCUT2D eigenvalue weighted by Gasteiger charge is 2.28. The van der Waals surface area contributed by atoms with Gasteiger partial charge in [0.2, 0.25) is 0 Å². The number of rotatable bonds is 4. The molecule has 0 aromatic heterocycles. The Kier molecular flexibility index (Phi) is 3.38. The topological polar surface area (TPSA) is 71.4 Å². The number of halogens is 1. The van der Waals surface area contributed by atoms with Crippen LogP contribution in [-0.4, -0.2) is 25.2 Å². The Labute approximate surface area is 104 Å². The van der Waals surface area contributed by atoms with Gasteiger partial charge in [0.05, 0.1) is 11.3 Å². The number of benzene rings is 1. The van der Waals surface area contributed by atoms with Crippen molar-refractivity contribution in [3.05, 3.63) is 29.6 Å². The quantitative estimate of drug-likeness (QED) is 0.911. The van der Waals surface area contributed by atoms with Gasteiger partial charge in [-0.15, -0.1) is 0 Å². The summed E-state index contributed by atoms with van der Waals surface area (Å²) in [5.74, 6) is -2.19. The highest BCUT2D eigenvalue weighted by atomic mass is 32.2. The lowest BCUT2D eigenvalue weighted by atomic mass is 9.87. The lowest BCUT2D eigenvalue weighted by Gasteiger charge is -2.24. The molecular formula is C12H13FO4S. The molecule has 4 nitrogen and oxygen atoms in total. The van der Waals surface area contributed by atoms with Crippen LogP contribution in [0.15, 0.2) is 23.1 Å². The van der Waals surface area contributed by atoms with Gasteiger partial charge in [0.15, 0.2) is 9.84 Å². The summed E-state index contributed by atoms with van der Waals surface area (Å²) in [7, 11) is -3.75. The Morgan fingerprint density at radius 2 is 2.06 bits per heavy atom. The van der Waals surface area contributed by atoms with Gasteiger partial charge in [-0.25, -0.2) is 17.6 Å². The molecule has 2 rings (SSSR count). The van der Waals surface area contributed by atoms with Crippen molar-refractivity contribution >= 4 is 15.8 Å². The number of aromatic carboxylic acids is 1. The minimum absolute atomic E-state index is 0.0721. The van der Waals surface area contributed by atoms with Crippen LogP contribution < -0.4 is 0 Å². The van der Waals surface area contributed by atoms with Crippen LogP contribution in [-0.2, 0) is 9.84 Å². The number of carboxylic acids is 1. The Morgan fingerprint density at radius 3 is 2.56 bits per heavy atom. The molecule has 0 bridgehead atoms. The van der Waals surface area contributed by atoms with Gasteiger partial charge >= 0.3 is 5.97 Å². The number of sulfone groups is 1. The van der Waals surface area contributed by atoms with Crippen molar-refractivity contribution in [2.75, 3.05) is 5.75 Å². The Morgan fingerprint density at radius 1 is 1.39 bits per heavy atom. The molecule has 1 aromatic rings. The Hall–Kier alpha value is -1.43. The first kappa shape index (κ1) is 13.0. The Bertz CT molecular complexity index is 576. The molecule has 1 N–H and O–H groups in total. The number of carbonyl (C=O) groups is 1. The lowest BCUT2D eigenvalue weighted by molar-refractivity contribution is 0.0696. The number of carboxylic acid groups (broad SMARTS) is 1. The highest BCUT2D eigenvalue weighted by molar-refractivity contribution is 7.91. The van der Waals surface area contributed by atoms with Crippen LogP contribution in [0.4, 0.5) is 4.39 Å². The molecular weight excluding hydrogens is 259 g/mol. The Balaban J connectivity index is 2.35. The fourth-order valence-corrected chi connectivity index (χ4v) is 3.74. The van der Waals surface area contributed by atoms with Gasteiger partial charge in [0.25, 0.3) is 0 Å². The molecule has 1 aliphatic carbocycles. The zero-order valence-corrected chi connectivity index (χ0v) is 10.4. The van der Waals surface area contributed by atoms with E-state index in [9.17, 15) is 17.6 Å². The zero-order valence-electron chi connectivity index (χ0n) is 9.60. The van der Waals surface area contributed by atoms with E-state index < -0.39 is 26.5 Å². The van der Waals surface area contributed by atoms with Crippen molar-refractivity contribution in [3.8, 4) is 0 Å². The van der Waals surface area contributed by atoms with Crippen LogP contribution in [0, 0.1) is 11.7 Å².